The van der Waals surface area contributed by atoms with Gasteiger partial charge in [-0.15, -0.1) is 0 Å². The quantitative estimate of drug-likeness (QED) is 0.374. The monoisotopic (exact) mass is 349 g/mol. The Balaban J connectivity index is 1.77. The number of hydrogen-bond donors (Lipinski definition) is 1. The van der Waals surface area contributed by atoms with E-state index in [1.165, 1.54) is 89.9 Å². The van der Waals surface area contributed by atoms with Gasteiger partial charge >= 0.3 is 0 Å². The first-order chi connectivity index (χ1) is 12.2. The van der Waals surface area contributed by atoms with E-state index in [4.69, 9.17) is 5.73 Å². The predicted octanol–water partition coefficient (Wildman–Crippen LogP) is 5.04. The predicted molar refractivity (Wildman–Crippen MR) is 105 cm³/mol. The van der Waals surface area contributed by atoms with Gasteiger partial charge in [-0.05, 0) is 6.42 Å². The molecule has 4 nitrogen and oxygen atoms in total. The number of nitrogens with two attached hydrogens (primary N) is 1. The van der Waals surface area contributed by atoms with Crippen LogP contribution in [0.1, 0.15) is 96.8 Å². The maximum absolute atomic E-state index is 10.8. The molecular formula is C21H39N3O. The Kier molecular flexibility index (Phi) is 13.2. The van der Waals surface area contributed by atoms with E-state index in [1.54, 1.807) is 4.90 Å². The zero-order chi connectivity index (χ0) is 18.2. The summed E-state index contributed by atoms with van der Waals surface area (Å²) in [5, 5.41) is 0. The van der Waals surface area contributed by atoms with Crippen molar-refractivity contribution in [1.82, 2.24) is 9.80 Å². The lowest BCUT2D eigenvalue weighted by Crippen LogP contribution is -2.29. The first-order valence-corrected chi connectivity index (χ1v) is 10.5. The summed E-state index contributed by atoms with van der Waals surface area (Å²) in [4.78, 5) is 14.6. The van der Waals surface area contributed by atoms with E-state index in [0.717, 1.165) is 6.54 Å². The molecule has 2 radical (unpaired) electrons. The van der Waals surface area contributed by atoms with E-state index in [9.17, 15) is 4.79 Å². The van der Waals surface area contributed by atoms with Gasteiger partial charge in [0.05, 0.1) is 6.54 Å². The highest BCUT2D eigenvalue weighted by Crippen LogP contribution is 2.15. The summed E-state index contributed by atoms with van der Waals surface area (Å²) in [6, 6.07) is 0. The number of amides is 1. The molecule has 0 fully saturated rings. The second-order valence-corrected chi connectivity index (χ2v) is 7.28. The highest BCUT2D eigenvalue weighted by atomic mass is 16.1. The molecule has 25 heavy (non-hydrogen) atoms. The van der Waals surface area contributed by atoms with E-state index in [-0.39, 0.29) is 12.5 Å². The molecule has 0 aliphatic carbocycles. The van der Waals surface area contributed by atoms with Gasteiger partial charge in [-0.1, -0.05) is 90.4 Å². The molecule has 0 saturated heterocycles. The van der Waals surface area contributed by atoms with Crippen molar-refractivity contribution in [1.29, 1.82) is 0 Å². The van der Waals surface area contributed by atoms with E-state index in [1.807, 2.05) is 17.3 Å². The Morgan fingerprint density at radius 1 is 0.760 bits per heavy atom. The zero-order valence-electron chi connectivity index (χ0n) is 16.3. The highest BCUT2D eigenvalue weighted by molar-refractivity contribution is 5.76. The van der Waals surface area contributed by atoms with Gasteiger partial charge in [0, 0.05) is 18.9 Å². The number of rotatable bonds is 17. The van der Waals surface area contributed by atoms with Crippen LogP contribution >= 0.6 is 0 Å². The maximum atomic E-state index is 10.8. The summed E-state index contributed by atoms with van der Waals surface area (Å²) in [7, 11) is 0. The smallest absolute Gasteiger partial charge is 0.237 e. The van der Waals surface area contributed by atoms with Gasteiger partial charge in [0.15, 0.2) is 0 Å². The highest BCUT2D eigenvalue weighted by Gasteiger charge is 2.15. The van der Waals surface area contributed by atoms with Gasteiger partial charge in [0.1, 0.15) is 0 Å². The van der Waals surface area contributed by atoms with Crippen molar-refractivity contribution in [2.24, 2.45) is 5.73 Å². The van der Waals surface area contributed by atoms with Crippen LogP contribution in [0.4, 0.5) is 0 Å². The number of primary amides is 1. The largest absolute Gasteiger partial charge is 0.368 e. The normalized spacial score (nSPS) is 13.8. The molecule has 1 rings (SSSR count). The molecule has 1 heterocycles. The minimum atomic E-state index is -0.324. The molecule has 0 spiro atoms. The molecule has 0 bridgehead atoms. The number of carbonyl (C=O) groups is 1. The van der Waals surface area contributed by atoms with Crippen LogP contribution in [0.5, 0.6) is 0 Å². The van der Waals surface area contributed by atoms with Gasteiger partial charge in [0.25, 0.3) is 0 Å². The van der Waals surface area contributed by atoms with Crippen LogP contribution in [-0.2, 0) is 4.79 Å². The van der Waals surface area contributed by atoms with Crippen molar-refractivity contribution in [2.45, 2.75) is 96.8 Å². The summed E-state index contributed by atoms with van der Waals surface area (Å²) in [5.41, 5.74) is 5.18. The average molecular weight is 350 g/mol. The molecule has 0 aromatic carbocycles. The molecule has 1 aliphatic heterocycles. The first-order valence-electron chi connectivity index (χ1n) is 10.5. The maximum Gasteiger partial charge on any atom is 0.237 e. The molecule has 0 saturated carbocycles. The van der Waals surface area contributed by atoms with Crippen LogP contribution in [0, 0.1) is 6.67 Å². The van der Waals surface area contributed by atoms with Gasteiger partial charge in [-0.25, -0.2) is 0 Å². The Morgan fingerprint density at radius 2 is 1.20 bits per heavy atom. The number of carbonyl (C=O) groups excluding carboxylic acids is 1. The number of nitrogens with zero attached hydrogens (tertiary/aromatic N) is 2. The fourth-order valence-electron chi connectivity index (χ4n) is 3.25. The summed E-state index contributed by atoms with van der Waals surface area (Å²) in [5.74, 6) is -0.324. The van der Waals surface area contributed by atoms with E-state index in [2.05, 4.69) is 13.6 Å². The molecular weight excluding hydrogens is 310 g/mol. The average Bonchev–Trinajstić information content (AvgIpc) is 3.01. The fraction of sp³-hybridized carbons (Fsp3) is 0.810. The van der Waals surface area contributed by atoms with E-state index >= 15 is 0 Å². The summed E-state index contributed by atoms with van der Waals surface area (Å²) < 4.78 is 0. The second kappa shape index (κ2) is 15.1. The Labute approximate surface area is 155 Å². The minimum absolute atomic E-state index is 0.214. The van der Waals surface area contributed by atoms with E-state index in [0.29, 0.717) is 0 Å². The number of unbranched alkanes of at least 4 members (excludes halogenated alkanes) is 13. The van der Waals surface area contributed by atoms with Crippen molar-refractivity contribution in [2.75, 3.05) is 13.1 Å². The molecule has 144 valence electrons. The van der Waals surface area contributed by atoms with E-state index < -0.39 is 0 Å². The van der Waals surface area contributed by atoms with Gasteiger partial charge in [-0.2, -0.15) is 0 Å². The standard InChI is InChI=1S/C21H39N3O/c1-2-3-4-5-6-7-8-9-10-11-12-13-14-15-16-23-17-18-24(20-23)19-21(22)25/h17-18H,2-16,19H2,1H3,(H2,22,25). The third-order valence-corrected chi connectivity index (χ3v) is 4.76. The Hall–Kier alpha value is -1.19. The first kappa shape index (κ1) is 21.9. The third-order valence-electron chi connectivity index (χ3n) is 4.76. The van der Waals surface area contributed by atoms with Gasteiger partial charge < -0.3 is 15.5 Å². The molecule has 0 atom stereocenters. The lowest BCUT2D eigenvalue weighted by molar-refractivity contribution is -0.118. The molecule has 2 N–H and O–H groups in total. The molecule has 0 aromatic rings. The van der Waals surface area contributed by atoms with Crippen molar-refractivity contribution in [3.8, 4) is 0 Å². The van der Waals surface area contributed by atoms with Crippen LogP contribution in [0.25, 0.3) is 0 Å². The summed E-state index contributed by atoms with van der Waals surface area (Å²) >= 11 is 0. The zero-order valence-corrected chi connectivity index (χ0v) is 16.3. The van der Waals surface area contributed by atoms with Crippen LogP contribution < -0.4 is 5.73 Å². The lowest BCUT2D eigenvalue weighted by Gasteiger charge is -2.17. The van der Waals surface area contributed by atoms with Crippen molar-refractivity contribution in [3.05, 3.63) is 19.1 Å². The minimum Gasteiger partial charge on any atom is -0.368 e. The third kappa shape index (κ3) is 12.8. The molecule has 0 unspecified atom stereocenters. The topological polar surface area (TPSA) is 49.6 Å². The lowest BCUT2D eigenvalue weighted by atomic mass is 10.0. The molecule has 4 heteroatoms. The van der Waals surface area contributed by atoms with Crippen LogP contribution in [-0.4, -0.2) is 28.8 Å². The Morgan fingerprint density at radius 3 is 1.68 bits per heavy atom. The van der Waals surface area contributed by atoms with Crippen molar-refractivity contribution in [3.63, 3.8) is 0 Å². The number of hydrogen-bond acceptors (Lipinski definition) is 3. The Bertz CT molecular complexity index is 357. The summed E-state index contributed by atoms with van der Waals surface area (Å²) in [6.45, 7) is 6.59. The van der Waals surface area contributed by atoms with Crippen molar-refractivity contribution >= 4 is 5.91 Å². The molecule has 1 aliphatic rings. The van der Waals surface area contributed by atoms with Crippen LogP contribution in [0.2, 0.25) is 0 Å². The van der Waals surface area contributed by atoms with Crippen LogP contribution in [0.3, 0.4) is 0 Å². The summed E-state index contributed by atoms with van der Waals surface area (Å²) in [6.07, 6.45) is 23.1. The molecule has 0 aromatic heterocycles. The SMILES string of the molecule is CCCCCCCCCCCCCCCCN1[C]N(CC(N)=O)C=C1. The van der Waals surface area contributed by atoms with Gasteiger partial charge in [0.2, 0.25) is 12.6 Å². The second-order valence-electron chi connectivity index (χ2n) is 7.28. The van der Waals surface area contributed by atoms with Crippen LogP contribution in [0.15, 0.2) is 12.4 Å². The van der Waals surface area contributed by atoms with Gasteiger partial charge in [-0.3, -0.25) is 4.79 Å². The fourth-order valence-corrected chi connectivity index (χ4v) is 3.25. The van der Waals surface area contributed by atoms with Crippen molar-refractivity contribution < 1.29 is 4.79 Å². The molecule has 1 amide bonds.